The highest BCUT2D eigenvalue weighted by molar-refractivity contribution is 7.44. The molecule has 1 fully saturated rings. The van der Waals surface area contributed by atoms with Gasteiger partial charge in [-0.15, -0.1) is 0 Å². The molecule has 1 N–H and O–H groups in total. The van der Waals surface area contributed by atoms with E-state index in [-0.39, 0.29) is 31.7 Å². The molecule has 10 nitrogen and oxygen atoms in total. The molecule has 0 aromatic carbocycles. The Hall–Kier alpha value is -1.60. The van der Waals surface area contributed by atoms with Crippen molar-refractivity contribution in [1.82, 2.24) is 14.2 Å². The maximum atomic E-state index is 12.2. The zero-order valence-electron chi connectivity index (χ0n) is 17.4. The molecule has 1 aliphatic heterocycles. The Bertz CT molecular complexity index is 797. The first-order valence-electron chi connectivity index (χ1n) is 9.51. The molecule has 4 atom stereocenters. The van der Waals surface area contributed by atoms with E-state index in [0.717, 1.165) is 0 Å². The van der Waals surface area contributed by atoms with Gasteiger partial charge < -0.3 is 18.5 Å². The lowest BCUT2D eigenvalue weighted by Gasteiger charge is -2.37. The van der Waals surface area contributed by atoms with Crippen LogP contribution in [0.1, 0.15) is 40.3 Å². The molecule has 29 heavy (non-hydrogen) atoms. The number of rotatable bonds is 10. The van der Waals surface area contributed by atoms with Gasteiger partial charge in [0.25, 0.3) is 14.1 Å². The SMILES string of the molecule is COC1C(OP(OCCC#N)N(C(C)C)C(C)C)COC1n1ccc(=O)[nH]c1=O. The first-order chi connectivity index (χ1) is 13.8. The van der Waals surface area contributed by atoms with Crippen molar-refractivity contribution in [2.24, 2.45) is 0 Å². The van der Waals surface area contributed by atoms with Gasteiger partial charge in [-0.1, -0.05) is 0 Å². The molecule has 1 aliphatic rings. The topological polar surface area (TPSA) is 119 Å². The van der Waals surface area contributed by atoms with Crippen molar-refractivity contribution in [3.05, 3.63) is 33.1 Å². The Balaban J connectivity index is 2.22. The third kappa shape index (κ3) is 5.95. The number of nitrogens with zero attached hydrogens (tertiary/aromatic N) is 3. The molecule has 0 radical (unpaired) electrons. The Morgan fingerprint density at radius 2 is 2.07 bits per heavy atom. The van der Waals surface area contributed by atoms with Gasteiger partial charge in [0.2, 0.25) is 0 Å². The van der Waals surface area contributed by atoms with E-state index in [1.54, 1.807) is 0 Å². The lowest BCUT2D eigenvalue weighted by molar-refractivity contribution is -0.0437. The Labute approximate surface area is 171 Å². The highest BCUT2D eigenvalue weighted by Crippen LogP contribution is 2.49. The summed E-state index contributed by atoms with van der Waals surface area (Å²) in [6, 6.07) is 3.63. The number of aromatic nitrogens is 2. The molecule has 1 aromatic heterocycles. The number of hydrogen-bond acceptors (Lipinski definition) is 8. The number of aromatic amines is 1. The summed E-state index contributed by atoms with van der Waals surface area (Å²) in [5, 5.41) is 8.83. The van der Waals surface area contributed by atoms with Crippen molar-refractivity contribution < 1.29 is 18.5 Å². The summed E-state index contributed by atoms with van der Waals surface area (Å²) in [6.07, 6.45) is -0.171. The van der Waals surface area contributed by atoms with E-state index in [2.05, 4.69) is 15.7 Å². The Morgan fingerprint density at radius 3 is 2.62 bits per heavy atom. The van der Waals surface area contributed by atoms with Gasteiger partial charge in [-0.25, -0.2) is 9.46 Å². The second-order valence-corrected chi connectivity index (χ2v) is 8.54. The van der Waals surface area contributed by atoms with Crippen molar-refractivity contribution in [3.8, 4) is 6.07 Å². The standard InChI is InChI=1S/C18H29N4O6P/c1-12(2)22(13(3)4)29(27-10-6-8-19)28-14-11-26-17(16(14)25-5)21-9-7-15(23)20-18(21)24/h7,9,12-14,16-17H,6,10-11H2,1-5H3,(H,20,23,24). The number of hydrogen-bond donors (Lipinski definition) is 1. The molecule has 0 amide bonds. The van der Waals surface area contributed by atoms with Crippen LogP contribution in [0.15, 0.2) is 21.9 Å². The fourth-order valence-corrected chi connectivity index (χ4v) is 4.92. The first kappa shape index (κ1) is 23.7. The average Bonchev–Trinajstić information content (AvgIpc) is 3.03. The van der Waals surface area contributed by atoms with Crippen molar-refractivity contribution in [3.63, 3.8) is 0 Å². The van der Waals surface area contributed by atoms with Gasteiger partial charge in [0.05, 0.1) is 25.7 Å². The number of nitriles is 1. The van der Waals surface area contributed by atoms with E-state index in [1.165, 1.54) is 23.9 Å². The van der Waals surface area contributed by atoms with Crippen LogP contribution in [0, 0.1) is 11.3 Å². The normalized spacial score (nSPS) is 23.1. The number of ether oxygens (including phenoxy) is 2. The molecule has 11 heteroatoms. The molecule has 1 saturated heterocycles. The molecule has 0 saturated carbocycles. The predicted molar refractivity (Wildman–Crippen MR) is 107 cm³/mol. The fraction of sp³-hybridized carbons (Fsp3) is 0.722. The summed E-state index contributed by atoms with van der Waals surface area (Å²) < 4.78 is 27.0. The lowest BCUT2D eigenvalue weighted by atomic mass is 10.2. The van der Waals surface area contributed by atoms with E-state index < -0.39 is 38.2 Å². The van der Waals surface area contributed by atoms with Crippen LogP contribution in [-0.2, 0) is 18.5 Å². The van der Waals surface area contributed by atoms with Crippen LogP contribution in [0.25, 0.3) is 0 Å². The number of H-pyrrole nitrogens is 1. The van der Waals surface area contributed by atoms with Crippen molar-refractivity contribution in [2.45, 2.75) is 64.6 Å². The van der Waals surface area contributed by atoms with E-state index in [9.17, 15) is 9.59 Å². The molecule has 162 valence electrons. The smallest absolute Gasteiger partial charge is 0.330 e. The second kappa shape index (κ2) is 11.0. The third-order valence-electron chi connectivity index (χ3n) is 4.36. The van der Waals surface area contributed by atoms with Crippen LogP contribution in [0.4, 0.5) is 0 Å². The van der Waals surface area contributed by atoms with E-state index >= 15 is 0 Å². The molecule has 0 aliphatic carbocycles. The molecular formula is C18H29N4O6P. The summed E-state index contributed by atoms with van der Waals surface area (Å²) in [7, 11) is 0.0331. The quantitative estimate of drug-likeness (QED) is 0.442. The minimum Gasteiger partial charge on any atom is -0.374 e. The van der Waals surface area contributed by atoms with Gasteiger partial charge >= 0.3 is 5.69 Å². The molecule has 4 unspecified atom stereocenters. The molecule has 1 aromatic rings. The van der Waals surface area contributed by atoms with Crippen molar-refractivity contribution >= 4 is 8.53 Å². The predicted octanol–water partition coefficient (Wildman–Crippen LogP) is 1.74. The highest BCUT2D eigenvalue weighted by atomic mass is 31.2. The monoisotopic (exact) mass is 428 g/mol. The fourth-order valence-electron chi connectivity index (χ4n) is 3.20. The van der Waals surface area contributed by atoms with Crippen LogP contribution in [0.3, 0.4) is 0 Å². The van der Waals surface area contributed by atoms with Crippen LogP contribution >= 0.6 is 8.53 Å². The van der Waals surface area contributed by atoms with E-state index in [4.69, 9.17) is 23.8 Å². The van der Waals surface area contributed by atoms with Gasteiger partial charge in [-0.2, -0.15) is 5.26 Å². The summed E-state index contributed by atoms with van der Waals surface area (Å²) >= 11 is 0. The number of nitrogens with one attached hydrogen (secondary N) is 1. The zero-order valence-corrected chi connectivity index (χ0v) is 18.3. The second-order valence-electron chi connectivity index (χ2n) is 7.13. The van der Waals surface area contributed by atoms with Crippen LogP contribution in [0.2, 0.25) is 0 Å². The number of methoxy groups -OCH3 is 1. The minimum absolute atomic E-state index is 0.157. The molecule has 2 heterocycles. The summed E-state index contributed by atoms with van der Waals surface area (Å²) in [5.41, 5.74) is -1.06. The van der Waals surface area contributed by atoms with Crippen molar-refractivity contribution in [2.75, 3.05) is 20.3 Å². The van der Waals surface area contributed by atoms with Crippen LogP contribution < -0.4 is 11.2 Å². The summed E-state index contributed by atoms with van der Waals surface area (Å²) in [5.74, 6) is 0. The average molecular weight is 428 g/mol. The Morgan fingerprint density at radius 1 is 1.38 bits per heavy atom. The van der Waals surface area contributed by atoms with Gasteiger partial charge in [0.15, 0.2) is 6.23 Å². The van der Waals surface area contributed by atoms with Gasteiger partial charge in [-0.3, -0.25) is 14.3 Å². The van der Waals surface area contributed by atoms with Crippen molar-refractivity contribution in [1.29, 1.82) is 5.26 Å². The van der Waals surface area contributed by atoms with Crippen LogP contribution in [0.5, 0.6) is 0 Å². The third-order valence-corrected chi connectivity index (χ3v) is 6.52. The molecule has 0 bridgehead atoms. The molecule has 2 rings (SSSR count). The van der Waals surface area contributed by atoms with E-state index in [0.29, 0.717) is 0 Å². The van der Waals surface area contributed by atoms with Gasteiger partial charge in [0.1, 0.15) is 12.2 Å². The van der Waals surface area contributed by atoms with Crippen LogP contribution in [-0.4, -0.2) is 58.8 Å². The lowest BCUT2D eigenvalue weighted by Crippen LogP contribution is -2.40. The molecular weight excluding hydrogens is 399 g/mol. The summed E-state index contributed by atoms with van der Waals surface area (Å²) in [4.78, 5) is 25.7. The first-order valence-corrected chi connectivity index (χ1v) is 10.6. The van der Waals surface area contributed by atoms with E-state index in [1.807, 2.05) is 27.7 Å². The zero-order chi connectivity index (χ0) is 21.6. The highest BCUT2D eigenvalue weighted by Gasteiger charge is 2.43. The largest absolute Gasteiger partial charge is 0.374 e. The maximum Gasteiger partial charge on any atom is 0.330 e. The summed E-state index contributed by atoms with van der Waals surface area (Å²) in [6.45, 7) is 8.65. The maximum absolute atomic E-state index is 12.2. The minimum atomic E-state index is -1.48. The van der Waals surface area contributed by atoms with Gasteiger partial charge in [0, 0.05) is 31.5 Å². The Kier molecular flexibility index (Phi) is 8.96. The van der Waals surface area contributed by atoms with Gasteiger partial charge in [-0.05, 0) is 27.7 Å². The molecule has 0 spiro atoms.